The topological polar surface area (TPSA) is 51.1 Å². The Morgan fingerprint density at radius 1 is 1.47 bits per heavy atom. The van der Waals surface area contributed by atoms with Crippen molar-refractivity contribution >= 4 is 11.7 Å². The molecule has 0 unspecified atom stereocenters. The number of aromatic nitrogens is 1. The molecule has 1 heterocycles. The fraction of sp³-hybridized carbons (Fsp3) is 0.538. The van der Waals surface area contributed by atoms with Crippen LogP contribution in [0.5, 0.6) is 0 Å². The van der Waals surface area contributed by atoms with Crippen LogP contribution in [0, 0.1) is 0 Å². The molecule has 2 rings (SSSR count). The van der Waals surface area contributed by atoms with Gasteiger partial charge in [-0.15, -0.1) is 0 Å². The van der Waals surface area contributed by atoms with Gasteiger partial charge in [0.15, 0.2) is 5.78 Å². The fourth-order valence-electron chi connectivity index (χ4n) is 1.74. The maximum Gasteiger partial charge on any atom is 0.240 e. The number of carbonyl (C=O) groups is 2. The van der Waals surface area contributed by atoms with Gasteiger partial charge in [0.25, 0.3) is 0 Å². The number of nitrogens with one attached hydrogen (secondary N) is 1. The van der Waals surface area contributed by atoms with Gasteiger partial charge in [0, 0.05) is 30.4 Å². The quantitative estimate of drug-likeness (QED) is 0.762. The van der Waals surface area contributed by atoms with E-state index in [1.54, 1.807) is 23.0 Å². The summed E-state index contributed by atoms with van der Waals surface area (Å²) < 4.78 is 1.76. The Labute approximate surface area is 101 Å². The van der Waals surface area contributed by atoms with Gasteiger partial charge < -0.3 is 9.88 Å². The van der Waals surface area contributed by atoms with Gasteiger partial charge >= 0.3 is 0 Å². The molecule has 1 amide bonds. The summed E-state index contributed by atoms with van der Waals surface area (Å²) in [7, 11) is 0. The van der Waals surface area contributed by atoms with Crippen molar-refractivity contribution in [2.45, 2.75) is 45.2 Å². The molecule has 0 aromatic carbocycles. The summed E-state index contributed by atoms with van der Waals surface area (Å²) in [5.74, 6) is 0.173. The minimum absolute atomic E-state index is 0.0255. The zero-order chi connectivity index (χ0) is 12.3. The monoisotopic (exact) mass is 234 g/mol. The highest BCUT2D eigenvalue weighted by atomic mass is 16.2. The Bertz CT molecular complexity index is 419. The van der Waals surface area contributed by atoms with Crippen molar-refractivity contribution in [2.75, 3.05) is 0 Å². The molecule has 92 valence electrons. The van der Waals surface area contributed by atoms with Crippen LogP contribution in [0.1, 0.15) is 43.0 Å². The number of amides is 1. The lowest BCUT2D eigenvalue weighted by Gasteiger charge is -2.03. The maximum absolute atomic E-state index is 11.6. The fourth-order valence-corrected chi connectivity index (χ4v) is 1.74. The largest absolute Gasteiger partial charge is 0.352 e. The highest BCUT2D eigenvalue weighted by Gasteiger charge is 2.23. The van der Waals surface area contributed by atoms with E-state index in [0.29, 0.717) is 24.6 Å². The van der Waals surface area contributed by atoms with Crippen molar-refractivity contribution in [1.82, 2.24) is 9.88 Å². The average molecular weight is 234 g/mol. The van der Waals surface area contributed by atoms with Crippen LogP contribution in [0.25, 0.3) is 0 Å². The van der Waals surface area contributed by atoms with Gasteiger partial charge in [-0.25, -0.2) is 0 Å². The lowest BCUT2D eigenvalue weighted by atomic mass is 10.1. The van der Waals surface area contributed by atoms with Gasteiger partial charge in [-0.2, -0.15) is 0 Å². The number of ketones is 1. The molecule has 17 heavy (non-hydrogen) atoms. The number of hydrogen-bond donors (Lipinski definition) is 1. The molecule has 4 nitrogen and oxygen atoms in total. The smallest absolute Gasteiger partial charge is 0.240 e. The molecule has 0 aliphatic heterocycles. The van der Waals surface area contributed by atoms with E-state index < -0.39 is 0 Å². The van der Waals surface area contributed by atoms with Crippen molar-refractivity contribution < 1.29 is 9.59 Å². The van der Waals surface area contributed by atoms with E-state index in [2.05, 4.69) is 5.32 Å². The van der Waals surface area contributed by atoms with E-state index in [1.807, 2.05) is 6.92 Å². The van der Waals surface area contributed by atoms with Crippen LogP contribution in [-0.2, 0) is 11.3 Å². The summed E-state index contributed by atoms with van der Waals surface area (Å²) in [6, 6.07) is 2.17. The maximum atomic E-state index is 11.6. The molecule has 1 aromatic heterocycles. The zero-order valence-electron chi connectivity index (χ0n) is 10.1. The predicted octanol–water partition coefficient (Wildman–Crippen LogP) is 1.75. The number of rotatable bonds is 6. The first-order valence-corrected chi connectivity index (χ1v) is 6.17. The van der Waals surface area contributed by atoms with E-state index in [4.69, 9.17) is 0 Å². The van der Waals surface area contributed by atoms with E-state index >= 15 is 0 Å². The van der Waals surface area contributed by atoms with E-state index in [-0.39, 0.29) is 11.7 Å². The molecule has 1 aliphatic carbocycles. The third kappa shape index (κ3) is 3.44. The Morgan fingerprint density at radius 2 is 2.24 bits per heavy atom. The van der Waals surface area contributed by atoms with Gasteiger partial charge in [-0.3, -0.25) is 9.59 Å². The van der Waals surface area contributed by atoms with Crippen LogP contribution in [0.4, 0.5) is 0 Å². The average Bonchev–Trinajstić information content (AvgIpc) is 2.95. The molecule has 0 atom stereocenters. The van der Waals surface area contributed by atoms with E-state index in [0.717, 1.165) is 19.3 Å². The summed E-state index contributed by atoms with van der Waals surface area (Å²) in [5, 5.41) is 2.92. The third-order valence-electron chi connectivity index (χ3n) is 2.82. The molecule has 1 fully saturated rings. The molecule has 0 saturated heterocycles. The first-order valence-electron chi connectivity index (χ1n) is 6.17. The molecule has 1 saturated carbocycles. The Kier molecular flexibility index (Phi) is 3.61. The van der Waals surface area contributed by atoms with Crippen molar-refractivity contribution in [3.05, 3.63) is 24.0 Å². The zero-order valence-corrected chi connectivity index (χ0v) is 10.1. The van der Waals surface area contributed by atoms with Gasteiger partial charge in [0.05, 0.1) is 0 Å². The molecule has 0 radical (unpaired) electrons. The van der Waals surface area contributed by atoms with Crippen LogP contribution >= 0.6 is 0 Å². The molecule has 4 heteroatoms. The molecular weight excluding hydrogens is 216 g/mol. The summed E-state index contributed by atoms with van der Waals surface area (Å²) >= 11 is 0. The standard InChI is InChI=1S/C13H18N2O2/c1-2-3-12(16)10-6-7-15(8-10)9-13(17)14-11-4-5-11/h6-8,11H,2-5,9H2,1H3,(H,14,17). The minimum atomic E-state index is 0.0255. The van der Waals surface area contributed by atoms with Gasteiger partial charge in [0.2, 0.25) is 5.91 Å². The number of nitrogens with zero attached hydrogens (tertiary/aromatic N) is 1. The van der Waals surface area contributed by atoms with Gasteiger partial charge in [-0.1, -0.05) is 6.92 Å². The van der Waals surface area contributed by atoms with Gasteiger partial charge in [0.1, 0.15) is 6.54 Å². The van der Waals surface area contributed by atoms with Crippen LogP contribution in [0.15, 0.2) is 18.5 Å². The normalized spacial score (nSPS) is 14.6. The molecular formula is C13H18N2O2. The SMILES string of the molecule is CCCC(=O)c1ccn(CC(=O)NC2CC2)c1. The third-order valence-corrected chi connectivity index (χ3v) is 2.82. The number of carbonyl (C=O) groups excluding carboxylic acids is 2. The molecule has 1 aliphatic rings. The highest BCUT2D eigenvalue weighted by molar-refractivity contribution is 5.95. The Morgan fingerprint density at radius 3 is 2.88 bits per heavy atom. The van der Waals surface area contributed by atoms with E-state index in [1.165, 1.54) is 0 Å². The van der Waals surface area contributed by atoms with Gasteiger partial charge in [-0.05, 0) is 25.3 Å². The Hall–Kier alpha value is -1.58. The highest BCUT2D eigenvalue weighted by Crippen LogP contribution is 2.18. The predicted molar refractivity (Wildman–Crippen MR) is 64.8 cm³/mol. The summed E-state index contributed by atoms with van der Waals surface area (Å²) in [5.41, 5.74) is 0.700. The second-order valence-corrected chi connectivity index (χ2v) is 4.59. The lowest BCUT2D eigenvalue weighted by molar-refractivity contribution is -0.121. The van der Waals surface area contributed by atoms with Crippen molar-refractivity contribution in [2.24, 2.45) is 0 Å². The van der Waals surface area contributed by atoms with E-state index in [9.17, 15) is 9.59 Å². The first kappa shape index (κ1) is 11.9. The number of hydrogen-bond acceptors (Lipinski definition) is 2. The van der Waals surface area contributed by atoms with Crippen LogP contribution in [-0.4, -0.2) is 22.3 Å². The first-order chi connectivity index (χ1) is 8.19. The molecule has 1 aromatic rings. The molecule has 0 bridgehead atoms. The lowest BCUT2D eigenvalue weighted by Crippen LogP contribution is -2.28. The molecule has 0 spiro atoms. The summed E-state index contributed by atoms with van der Waals surface area (Å²) in [4.78, 5) is 23.2. The van der Waals surface area contributed by atoms with Crippen molar-refractivity contribution in [1.29, 1.82) is 0 Å². The van der Waals surface area contributed by atoms with Crippen LogP contribution in [0.2, 0.25) is 0 Å². The second kappa shape index (κ2) is 5.17. The van der Waals surface area contributed by atoms with Crippen molar-refractivity contribution in [3.8, 4) is 0 Å². The van der Waals surface area contributed by atoms with Crippen molar-refractivity contribution in [3.63, 3.8) is 0 Å². The summed E-state index contributed by atoms with van der Waals surface area (Å²) in [6.45, 7) is 2.29. The Balaban J connectivity index is 1.88. The summed E-state index contributed by atoms with van der Waals surface area (Å²) in [6.07, 6.45) is 7.15. The van der Waals surface area contributed by atoms with Crippen LogP contribution in [0.3, 0.4) is 0 Å². The van der Waals surface area contributed by atoms with Crippen LogP contribution < -0.4 is 5.32 Å². The second-order valence-electron chi connectivity index (χ2n) is 4.59. The number of Topliss-reactive ketones (excluding diaryl/α,β-unsaturated/α-hetero) is 1. The minimum Gasteiger partial charge on any atom is -0.352 e. The molecule has 1 N–H and O–H groups in total.